The van der Waals surface area contributed by atoms with Crippen molar-refractivity contribution in [1.29, 1.82) is 0 Å². The molecule has 0 aliphatic carbocycles. The number of amides is 2. The molecule has 0 aliphatic rings. The van der Waals surface area contributed by atoms with Gasteiger partial charge in [-0.2, -0.15) is 0 Å². The zero-order valence-corrected chi connectivity index (χ0v) is 18.8. The number of ether oxygens (including phenoxy) is 1. The fourth-order valence-electron chi connectivity index (χ4n) is 3.36. The number of carbonyl (C=O) groups is 2. The van der Waals surface area contributed by atoms with Crippen molar-refractivity contribution in [3.63, 3.8) is 0 Å². The smallest absolute Gasteiger partial charge is 0.268 e. The van der Waals surface area contributed by atoms with Gasteiger partial charge in [-0.15, -0.1) is 11.3 Å². The Morgan fingerprint density at radius 3 is 2.24 bits per heavy atom. The van der Waals surface area contributed by atoms with Crippen LogP contribution in [0.15, 0.2) is 47.5 Å². The van der Waals surface area contributed by atoms with Crippen LogP contribution in [0.4, 0.5) is 0 Å². The van der Waals surface area contributed by atoms with E-state index in [0.717, 1.165) is 11.3 Å². The minimum Gasteiger partial charge on any atom is -0.497 e. The first-order valence-electron chi connectivity index (χ1n) is 9.52. The van der Waals surface area contributed by atoms with Gasteiger partial charge in [-0.1, -0.05) is 26.8 Å². The molecule has 0 radical (unpaired) electrons. The van der Waals surface area contributed by atoms with Crippen LogP contribution >= 0.6 is 11.3 Å². The molecule has 0 fully saturated rings. The molecule has 2 N–H and O–H groups in total. The van der Waals surface area contributed by atoms with Crippen LogP contribution in [0.2, 0.25) is 0 Å². The van der Waals surface area contributed by atoms with Crippen molar-refractivity contribution in [3.8, 4) is 5.75 Å². The summed E-state index contributed by atoms with van der Waals surface area (Å²) in [6, 6.07) is 10.6. The predicted molar refractivity (Wildman–Crippen MR) is 119 cm³/mol. The van der Waals surface area contributed by atoms with Crippen LogP contribution in [0.5, 0.6) is 5.75 Å². The number of rotatable bonds is 7. The average Bonchev–Trinajstić information content (AvgIpc) is 3.11. The Bertz CT molecular complexity index is 861. The van der Waals surface area contributed by atoms with E-state index in [4.69, 9.17) is 4.74 Å². The highest BCUT2D eigenvalue weighted by atomic mass is 32.1. The SMILES string of the molecule is COc1ccc(C(=O)N/C(=C\c2cccs2)C(=O)NC(C)(C)CC(C)(C)C)cc1. The van der Waals surface area contributed by atoms with Crippen molar-refractivity contribution < 1.29 is 14.3 Å². The van der Waals surface area contributed by atoms with Crippen molar-refractivity contribution in [2.45, 2.75) is 46.6 Å². The Kier molecular flexibility index (Phi) is 7.25. The molecule has 29 heavy (non-hydrogen) atoms. The monoisotopic (exact) mass is 414 g/mol. The maximum atomic E-state index is 13.0. The summed E-state index contributed by atoms with van der Waals surface area (Å²) in [6.45, 7) is 10.4. The highest BCUT2D eigenvalue weighted by molar-refractivity contribution is 7.10. The number of hydrogen-bond donors (Lipinski definition) is 2. The minimum absolute atomic E-state index is 0.0563. The van der Waals surface area contributed by atoms with Crippen LogP contribution in [0.25, 0.3) is 6.08 Å². The molecule has 0 unspecified atom stereocenters. The summed E-state index contributed by atoms with van der Waals surface area (Å²) in [4.78, 5) is 26.6. The van der Waals surface area contributed by atoms with Crippen LogP contribution < -0.4 is 15.4 Å². The van der Waals surface area contributed by atoms with Gasteiger partial charge in [0, 0.05) is 16.0 Å². The first-order valence-corrected chi connectivity index (χ1v) is 10.4. The molecule has 2 aromatic rings. The van der Waals surface area contributed by atoms with Gasteiger partial charge in [0.1, 0.15) is 11.4 Å². The topological polar surface area (TPSA) is 67.4 Å². The Morgan fingerprint density at radius 1 is 1.07 bits per heavy atom. The number of methoxy groups -OCH3 is 1. The van der Waals surface area contributed by atoms with Crippen molar-refractivity contribution in [2.75, 3.05) is 7.11 Å². The summed E-state index contributed by atoms with van der Waals surface area (Å²) in [6.07, 6.45) is 2.50. The van der Waals surface area contributed by atoms with Gasteiger partial charge < -0.3 is 15.4 Å². The van der Waals surface area contributed by atoms with Crippen LogP contribution in [0.3, 0.4) is 0 Å². The van der Waals surface area contributed by atoms with Crippen molar-refractivity contribution in [1.82, 2.24) is 10.6 Å². The van der Waals surface area contributed by atoms with E-state index in [1.54, 1.807) is 37.5 Å². The van der Waals surface area contributed by atoms with Crippen LogP contribution in [0, 0.1) is 5.41 Å². The molecule has 2 rings (SSSR count). The van der Waals surface area contributed by atoms with Gasteiger partial charge in [0.2, 0.25) is 0 Å². The van der Waals surface area contributed by atoms with Gasteiger partial charge in [-0.3, -0.25) is 9.59 Å². The lowest BCUT2D eigenvalue weighted by molar-refractivity contribution is -0.119. The van der Waals surface area contributed by atoms with E-state index in [-0.39, 0.29) is 22.9 Å². The second-order valence-electron chi connectivity index (χ2n) is 8.83. The molecule has 0 aliphatic heterocycles. The zero-order chi connectivity index (χ0) is 21.7. The molecule has 0 bridgehead atoms. The highest BCUT2D eigenvalue weighted by Crippen LogP contribution is 2.27. The van der Waals surface area contributed by atoms with Gasteiger partial charge in [0.05, 0.1) is 7.11 Å². The number of thiophene rings is 1. The van der Waals surface area contributed by atoms with Gasteiger partial charge in [-0.25, -0.2) is 0 Å². The molecule has 6 heteroatoms. The molecule has 1 aromatic heterocycles. The first-order chi connectivity index (χ1) is 13.5. The van der Waals surface area contributed by atoms with E-state index in [1.165, 1.54) is 11.3 Å². The Labute approximate surface area is 177 Å². The molecule has 0 saturated heterocycles. The fraction of sp³-hybridized carbons (Fsp3) is 0.391. The summed E-state index contributed by atoms with van der Waals surface area (Å²) < 4.78 is 5.13. The molecule has 5 nitrogen and oxygen atoms in total. The lowest BCUT2D eigenvalue weighted by Gasteiger charge is -2.33. The van der Waals surface area contributed by atoms with Crippen molar-refractivity contribution >= 4 is 29.2 Å². The highest BCUT2D eigenvalue weighted by Gasteiger charge is 2.28. The maximum Gasteiger partial charge on any atom is 0.268 e. The van der Waals surface area contributed by atoms with Crippen LogP contribution in [-0.2, 0) is 4.79 Å². The largest absolute Gasteiger partial charge is 0.497 e. The van der Waals surface area contributed by atoms with Crippen LogP contribution in [-0.4, -0.2) is 24.5 Å². The van der Waals surface area contributed by atoms with Gasteiger partial charge >= 0.3 is 0 Å². The number of carbonyl (C=O) groups excluding carboxylic acids is 2. The van der Waals surface area contributed by atoms with Crippen LogP contribution in [0.1, 0.15) is 56.3 Å². The standard InChI is InChI=1S/C23H30N2O3S/c1-22(2,3)15-23(4,5)25-21(27)19(14-18-8-7-13-29-18)24-20(26)16-9-11-17(28-6)12-10-16/h7-14H,15H2,1-6H3,(H,24,26)(H,25,27)/b19-14-. The fourth-order valence-corrected chi connectivity index (χ4v) is 4.01. The zero-order valence-electron chi connectivity index (χ0n) is 18.0. The quantitative estimate of drug-likeness (QED) is 0.636. The van der Waals surface area contributed by atoms with Crippen molar-refractivity contribution in [3.05, 3.63) is 57.9 Å². The van der Waals surface area contributed by atoms with E-state index < -0.39 is 5.54 Å². The molecule has 156 valence electrons. The number of benzene rings is 1. The second-order valence-corrected chi connectivity index (χ2v) is 9.81. The van der Waals surface area contributed by atoms with Gasteiger partial charge in [0.15, 0.2) is 0 Å². The van der Waals surface area contributed by atoms with E-state index in [0.29, 0.717) is 11.3 Å². The minimum atomic E-state index is -0.422. The molecule has 0 spiro atoms. The summed E-state index contributed by atoms with van der Waals surface area (Å²) in [5.41, 5.74) is 0.301. The summed E-state index contributed by atoms with van der Waals surface area (Å²) in [5, 5.41) is 7.76. The first kappa shape index (κ1) is 22.7. The van der Waals surface area contributed by atoms with E-state index in [1.807, 2.05) is 31.4 Å². The molecule has 1 heterocycles. The maximum absolute atomic E-state index is 13.0. The molecule has 2 amide bonds. The van der Waals surface area contributed by atoms with E-state index in [9.17, 15) is 9.59 Å². The third-order valence-corrected chi connectivity index (χ3v) is 4.92. The predicted octanol–water partition coefficient (Wildman–Crippen LogP) is 4.86. The third-order valence-electron chi connectivity index (χ3n) is 4.10. The number of hydrogen-bond acceptors (Lipinski definition) is 4. The van der Waals surface area contributed by atoms with Gasteiger partial charge in [0.25, 0.3) is 11.8 Å². The second kappa shape index (κ2) is 9.27. The molecular weight excluding hydrogens is 384 g/mol. The summed E-state index contributed by atoms with van der Waals surface area (Å²) in [7, 11) is 1.57. The third kappa shape index (κ3) is 7.38. The summed E-state index contributed by atoms with van der Waals surface area (Å²) in [5.74, 6) is 0.00585. The van der Waals surface area contributed by atoms with E-state index >= 15 is 0 Å². The lowest BCUT2D eigenvalue weighted by atomic mass is 9.82. The molecule has 1 aromatic carbocycles. The Morgan fingerprint density at radius 2 is 1.72 bits per heavy atom. The Balaban J connectivity index is 2.23. The molecule has 0 saturated carbocycles. The van der Waals surface area contributed by atoms with E-state index in [2.05, 4.69) is 31.4 Å². The normalized spacial score (nSPS) is 12.4. The number of nitrogens with one attached hydrogen (secondary N) is 2. The molecule has 0 atom stereocenters. The Hall–Kier alpha value is -2.60. The summed E-state index contributed by atoms with van der Waals surface area (Å²) >= 11 is 1.50. The average molecular weight is 415 g/mol. The van der Waals surface area contributed by atoms with Crippen molar-refractivity contribution in [2.24, 2.45) is 5.41 Å². The lowest BCUT2D eigenvalue weighted by Crippen LogP contribution is -2.48. The van der Waals surface area contributed by atoms with Gasteiger partial charge in [-0.05, 0) is 67.5 Å². The molecular formula is C23H30N2O3S.